The molecule has 2 nitrogen and oxygen atoms in total. The smallest absolute Gasteiger partial charge is 0.0480 e. The van der Waals surface area contributed by atoms with Crippen LogP contribution in [0.15, 0.2) is 30.5 Å². The average Bonchev–Trinajstić information content (AvgIpc) is 2.90. The molecule has 2 aromatic rings. The summed E-state index contributed by atoms with van der Waals surface area (Å²) in [6.07, 6.45) is 6.78. The molecule has 0 atom stereocenters. The molecule has 0 saturated heterocycles. The van der Waals surface area contributed by atoms with Crippen molar-refractivity contribution in [3.63, 3.8) is 0 Å². The van der Waals surface area contributed by atoms with E-state index in [1.807, 2.05) is 0 Å². The maximum Gasteiger partial charge on any atom is 0.0480 e. The van der Waals surface area contributed by atoms with E-state index in [0.29, 0.717) is 0 Å². The Labute approximate surface area is 96.1 Å². The van der Waals surface area contributed by atoms with Crippen molar-refractivity contribution in [2.45, 2.75) is 31.2 Å². The van der Waals surface area contributed by atoms with Crippen LogP contribution in [0.5, 0.6) is 0 Å². The molecule has 1 saturated carbocycles. The van der Waals surface area contributed by atoms with E-state index in [9.17, 15) is 0 Å². The average molecular weight is 214 g/mol. The first-order valence-corrected chi connectivity index (χ1v) is 6.00. The summed E-state index contributed by atoms with van der Waals surface area (Å²) < 4.78 is 2.17. The van der Waals surface area contributed by atoms with E-state index in [1.54, 1.807) is 0 Å². The summed E-state index contributed by atoms with van der Waals surface area (Å²) in [4.78, 5) is 0. The summed E-state index contributed by atoms with van der Waals surface area (Å²) in [5, 5.41) is 1.38. The van der Waals surface area contributed by atoms with E-state index in [-0.39, 0.29) is 5.54 Å². The number of hydrogen-bond acceptors (Lipinski definition) is 1. The minimum Gasteiger partial charge on any atom is -0.351 e. The zero-order chi connectivity index (χ0) is 11.2. The Kier molecular flexibility index (Phi) is 2.08. The van der Waals surface area contributed by atoms with Gasteiger partial charge < -0.3 is 10.3 Å². The molecular formula is C14H18N2. The Bertz CT molecular complexity index is 521. The highest BCUT2D eigenvalue weighted by Crippen LogP contribution is 2.37. The van der Waals surface area contributed by atoms with Gasteiger partial charge in [-0.1, -0.05) is 12.1 Å². The minimum absolute atomic E-state index is 0.164. The summed E-state index contributed by atoms with van der Waals surface area (Å²) in [6, 6.07) is 8.76. The molecule has 3 rings (SSSR count). The lowest BCUT2D eigenvalue weighted by atomic mass is 10.0. The Hall–Kier alpha value is -1.28. The number of nitrogens with zero attached hydrogens (tertiary/aromatic N) is 1. The van der Waals surface area contributed by atoms with Gasteiger partial charge in [-0.15, -0.1) is 0 Å². The lowest BCUT2D eigenvalue weighted by Crippen LogP contribution is -2.22. The van der Waals surface area contributed by atoms with Gasteiger partial charge in [0.1, 0.15) is 0 Å². The standard InChI is InChI=1S/C14H18N2/c1-16-10-6-12-11(3-2-4-13(12)16)5-7-14(15)8-9-14/h2-4,6,10H,5,7-9,15H2,1H3. The summed E-state index contributed by atoms with van der Waals surface area (Å²) in [7, 11) is 2.09. The van der Waals surface area contributed by atoms with Gasteiger partial charge in [-0.2, -0.15) is 0 Å². The third-order valence-corrected chi connectivity index (χ3v) is 3.80. The van der Waals surface area contributed by atoms with Crippen LogP contribution < -0.4 is 5.73 Å². The fourth-order valence-electron chi connectivity index (χ4n) is 2.38. The summed E-state index contributed by atoms with van der Waals surface area (Å²) in [6.45, 7) is 0. The van der Waals surface area contributed by atoms with Crippen LogP contribution in [0, 0.1) is 0 Å². The van der Waals surface area contributed by atoms with E-state index >= 15 is 0 Å². The van der Waals surface area contributed by atoms with Crippen LogP contribution in [0.4, 0.5) is 0 Å². The third-order valence-electron chi connectivity index (χ3n) is 3.80. The number of nitrogens with two attached hydrogens (primary N) is 1. The second-order valence-corrected chi connectivity index (χ2v) is 5.14. The molecule has 0 unspecified atom stereocenters. The fraction of sp³-hybridized carbons (Fsp3) is 0.429. The normalized spacial score (nSPS) is 17.9. The lowest BCUT2D eigenvalue weighted by Gasteiger charge is -2.09. The van der Waals surface area contributed by atoms with Crippen molar-refractivity contribution in [2.24, 2.45) is 12.8 Å². The molecule has 0 radical (unpaired) electrons. The maximum atomic E-state index is 6.14. The predicted octanol–water partition coefficient (Wildman–Crippen LogP) is 2.60. The molecule has 2 N–H and O–H groups in total. The van der Waals surface area contributed by atoms with Crippen molar-refractivity contribution >= 4 is 10.9 Å². The zero-order valence-electron chi connectivity index (χ0n) is 9.74. The van der Waals surface area contributed by atoms with E-state index in [2.05, 4.69) is 42.1 Å². The number of aromatic nitrogens is 1. The number of hydrogen-bond donors (Lipinski definition) is 1. The van der Waals surface area contributed by atoms with Gasteiger partial charge >= 0.3 is 0 Å². The van der Waals surface area contributed by atoms with Crippen LogP contribution in [-0.4, -0.2) is 10.1 Å². The highest BCUT2D eigenvalue weighted by molar-refractivity contribution is 5.83. The topological polar surface area (TPSA) is 30.9 Å². The van der Waals surface area contributed by atoms with Gasteiger partial charge in [0.25, 0.3) is 0 Å². The molecule has 1 fully saturated rings. The van der Waals surface area contributed by atoms with Gasteiger partial charge in [-0.25, -0.2) is 0 Å². The number of rotatable bonds is 3. The predicted molar refractivity (Wildman–Crippen MR) is 67.4 cm³/mol. The van der Waals surface area contributed by atoms with Crippen LogP contribution in [0.3, 0.4) is 0 Å². The Morgan fingerprint density at radius 3 is 2.88 bits per heavy atom. The monoisotopic (exact) mass is 214 g/mol. The molecule has 0 bridgehead atoms. The van der Waals surface area contributed by atoms with Gasteiger partial charge in [0.05, 0.1) is 0 Å². The summed E-state index contributed by atoms with van der Waals surface area (Å²) in [5.41, 5.74) is 9.06. The molecule has 1 aliphatic carbocycles. The lowest BCUT2D eigenvalue weighted by molar-refractivity contribution is 0.610. The second kappa shape index (κ2) is 3.36. The SMILES string of the molecule is Cn1ccc2c(CCC3(N)CC3)cccc21. The first-order valence-electron chi connectivity index (χ1n) is 6.00. The molecule has 84 valence electrons. The Morgan fingerprint density at radius 1 is 1.31 bits per heavy atom. The van der Waals surface area contributed by atoms with Crippen molar-refractivity contribution in [2.75, 3.05) is 0 Å². The molecule has 1 aliphatic rings. The highest BCUT2D eigenvalue weighted by Gasteiger charge is 2.37. The van der Waals surface area contributed by atoms with E-state index in [4.69, 9.17) is 5.73 Å². The maximum absolute atomic E-state index is 6.14. The molecule has 1 aromatic heterocycles. The number of benzene rings is 1. The molecule has 1 heterocycles. The number of aryl methyl sites for hydroxylation is 2. The highest BCUT2D eigenvalue weighted by atomic mass is 14.9. The van der Waals surface area contributed by atoms with Crippen molar-refractivity contribution < 1.29 is 0 Å². The molecule has 2 heteroatoms. The van der Waals surface area contributed by atoms with E-state index in [0.717, 1.165) is 12.8 Å². The molecule has 0 spiro atoms. The van der Waals surface area contributed by atoms with Gasteiger partial charge in [0.15, 0.2) is 0 Å². The van der Waals surface area contributed by atoms with Crippen LogP contribution in [-0.2, 0) is 13.5 Å². The summed E-state index contributed by atoms with van der Waals surface area (Å²) >= 11 is 0. The van der Waals surface area contributed by atoms with Gasteiger partial charge in [-0.3, -0.25) is 0 Å². The van der Waals surface area contributed by atoms with Crippen LogP contribution in [0.25, 0.3) is 10.9 Å². The van der Waals surface area contributed by atoms with Crippen molar-refractivity contribution in [3.05, 3.63) is 36.0 Å². The second-order valence-electron chi connectivity index (χ2n) is 5.14. The molecule has 0 aliphatic heterocycles. The van der Waals surface area contributed by atoms with Crippen LogP contribution >= 0.6 is 0 Å². The van der Waals surface area contributed by atoms with Gasteiger partial charge in [0, 0.05) is 29.7 Å². The van der Waals surface area contributed by atoms with E-state index < -0.39 is 0 Å². The number of fused-ring (bicyclic) bond motifs is 1. The first-order chi connectivity index (χ1) is 7.68. The van der Waals surface area contributed by atoms with E-state index in [1.165, 1.54) is 29.3 Å². The third kappa shape index (κ3) is 1.63. The van der Waals surface area contributed by atoms with Crippen LogP contribution in [0.2, 0.25) is 0 Å². The fourth-order valence-corrected chi connectivity index (χ4v) is 2.38. The molecular weight excluding hydrogens is 196 g/mol. The molecule has 0 amide bonds. The first kappa shape index (κ1) is 9.91. The molecule has 1 aromatic carbocycles. The van der Waals surface area contributed by atoms with Crippen molar-refractivity contribution in [1.82, 2.24) is 4.57 Å². The Balaban J connectivity index is 1.90. The van der Waals surface area contributed by atoms with Crippen molar-refractivity contribution in [1.29, 1.82) is 0 Å². The largest absolute Gasteiger partial charge is 0.351 e. The van der Waals surface area contributed by atoms with Crippen LogP contribution in [0.1, 0.15) is 24.8 Å². The Morgan fingerprint density at radius 2 is 2.12 bits per heavy atom. The molecule has 16 heavy (non-hydrogen) atoms. The van der Waals surface area contributed by atoms with Gasteiger partial charge in [0.2, 0.25) is 0 Å². The quantitative estimate of drug-likeness (QED) is 0.836. The minimum atomic E-state index is 0.164. The zero-order valence-corrected chi connectivity index (χ0v) is 9.74. The summed E-state index contributed by atoms with van der Waals surface area (Å²) in [5.74, 6) is 0. The van der Waals surface area contributed by atoms with Crippen molar-refractivity contribution in [3.8, 4) is 0 Å². The van der Waals surface area contributed by atoms with Gasteiger partial charge in [-0.05, 0) is 43.4 Å².